The molecule has 1 unspecified atom stereocenters. The van der Waals surface area contributed by atoms with E-state index in [9.17, 15) is 4.79 Å². The summed E-state index contributed by atoms with van der Waals surface area (Å²) >= 11 is 0. The Balaban J connectivity index is 1.37. The molecule has 1 aliphatic heterocycles. The highest BCUT2D eigenvalue weighted by atomic mass is 16.5. The zero-order valence-electron chi connectivity index (χ0n) is 16.1. The first kappa shape index (κ1) is 18.9. The number of anilines is 1. The number of carbonyl (C=O) groups is 1. The molecule has 3 heterocycles. The summed E-state index contributed by atoms with van der Waals surface area (Å²) in [5, 5.41) is 2.94. The lowest BCUT2D eigenvalue weighted by atomic mass is 10.2. The molecule has 4 rings (SSSR count). The highest BCUT2D eigenvalue weighted by Crippen LogP contribution is 2.17. The summed E-state index contributed by atoms with van der Waals surface area (Å²) in [4.78, 5) is 27.5. The van der Waals surface area contributed by atoms with Crippen molar-refractivity contribution in [3.63, 3.8) is 0 Å². The van der Waals surface area contributed by atoms with Crippen LogP contribution in [0.2, 0.25) is 0 Å². The Bertz CT molecular complexity index is 945. The van der Waals surface area contributed by atoms with Gasteiger partial charge in [-0.25, -0.2) is 9.97 Å². The molecule has 0 bridgehead atoms. The van der Waals surface area contributed by atoms with Crippen molar-refractivity contribution >= 4 is 11.7 Å². The van der Waals surface area contributed by atoms with Gasteiger partial charge >= 0.3 is 0 Å². The van der Waals surface area contributed by atoms with Crippen molar-refractivity contribution in [1.82, 2.24) is 24.8 Å². The molecule has 3 aromatic rings. The maximum absolute atomic E-state index is 12.6. The fourth-order valence-corrected chi connectivity index (χ4v) is 3.08. The lowest BCUT2D eigenvalue weighted by Crippen LogP contribution is -2.50. The Hall–Kier alpha value is -3.46. The van der Waals surface area contributed by atoms with Crippen LogP contribution in [0.3, 0.4) is 0 Å². The second kappa shape index (κ2) is 8.70. The monoisotopic (exact) mass is 394 g/mol. The van der Waals surface area contributed by atoms with Gasteiger partial charge in [-0.1, -0.05) is 12.1 Å². The quantitative estimate of drug-likeness (QED) is 0.671. The third kappa shape index (κ3) is 4.52. The van der Waals surface area contributed by atoms with Gasteiger partial charge in [-0.3, -0.25) is 9.36 Å². The fourth-order valence-electron chi connectivity index (χ4n) is 3.08. The van der Waals surface area contributed by atoms with Gasteiger partial charge in [0.25, 0.3) is 5.91 Å². The molecule has 9 nitrogen and oxygen atoms in total. The van der Waals surface area contributed by atoms with Gasteiger partial charge in [-0.15, -0.1) is 0 Å². The van der Waals surface area contributed by atoms with Crippen molar-refractivity contribution in [2.24, 2.45) is 0 Å². The summed E-state index contributed by atoms with van der Waals surface area (Å²) in [7, 11) is 1.62. The predicted molar refractivity (Wildman–Crippen MR) is 106 cm³/mol. The van der Waals surface area contributed by atoms with E-state index in [-0.39, 0.29) is 5.91 Å². The molecule has 0 saturated carbocycles. The van der Waals surface area contributed by atoms with Crippen LogP contribution in [-0.4, -0.2) is 58.3 Å². The SMILES string of the molecule is COc1ccc(CNC(=O)C2CN(c3ccnc(-n4ccnc4)n3)CCO2)cc1. The smallest absolute Gasteiger partial charge is 0.251 e. The predicted octanol–water partition coefficient (Wildman–Crippen LogP) is 1.19. The van der Waals surface area contributed by atoms with Crippen LogP contribution in [0.5, 0.6) is 5.75 Å². The Morgan fingerprint density at radius 3 is 2.90 bits per heavy atom. The zero-order valence-corrected chi connectivity index (χ0v) is 16.1. The summed E-state index contributed by atoms with van der Waals surface area (Å²) in [6, 6.07) is 9.41. The lowest BCUT2D eigenvalue weighted by molar-refractivity contribution is -0.133. The van der Waals surface area contributed by atoms with Gasteiger partial charge in [-0.2, -0.15) is 4.98 Å². The molecule has 1 aromatic carbocycles. The molecule has 1 aliphatic rings. The second-order valence-corrected chi connectivity index (χ2v) is 6.56. The summed E-state index contributed by atoms with van der Waals surface area (Å²) in [6.45, 7) is 1.96. The second-order valence-electron chi connectivity index (χ2n) is 6.56. The molecule has 1 saturated heterocycles. The number of rotatable bonds is 6. The Morgan fingerprint density at radius 1 is 1.28 bits per heavy atom. The van der Waals surface area contributed by atoms with Crippen LogP contribution in [0.15, 0.2) is 55.2 Å². The molecule has 1 N–H and O–H groups in total. The number of methoxy groups -OCH3 is 1. The molecule has 0 spiro atoms. The Kier molecular flexibility index (Phi) is 5.66. The van der Waals surface area contributed by atoms with E-state index in [1.165, 1.54) is 0 Å². The third-order valence-electron chi connectivity index (χ3n) is 4.67. The average Bonchev–Trinajstić information content (AvgIpc) is 3.33. The summed E-state index contributed by atoms with van der Waals surface area (Å²) in [6.07, 6.45) is 6.25. The van der Waals surface area contributed by atoms with Crippen molar-refractivity contribution in [1.29, 1.82) is 0 Å². The van der Waals surface area contributed by atoms with Crippen molar-refractivity contribution in [2.45, 2.75) is 12.6 Å². The fraction of sp³-hybridized carbons (Fsp3) is 0.300. The molecule has 0 radical (unpaired) electrons. The molecular weight excluding hydrogens is 372 g/mol. The first-order chi connectivity index (χ1) is 14.2. The first-order valence-electron chi connectivity index (χ1n) is 9.31. The van der Waals surface area contributed by atoms with Crippen molar-refractivity contribution in [2.75, 3.05) is 31.7 Å². The van der Waals surface area contributed by atoms with Gasteiger partial charge in [0.2, 0.25) is 5.95 Å². The molecule has 29 heavy (non-hydrogen) atoms. The standard InChI is InChI=1S/C20H22N6O3/c1-28-16-4-2-15(3-5-16)12-23-19(27)17-13-25(10-11-29-17)18-6-7-22-20(24-18)26-9-8-21-14-26/h2-9,14,17H,10-13H2,1H3,(H,23,27). The number of imidazole rings is 1. The molecule has 1 amide bonds. The molecule has 1 atom stereocenters. The minimum absolute atomic E-state index is 0.144. The average molecular weight is 394 g/mol. The highest BCUT2D eigenvalue weighted by Gasteiger charge is 2.27. The van der Waals surface area contributed by atoms with E-state index in [1.807, 2.05) is 35.2 Å². The van der Waals surface area contributed by atoms with Crippen LogP contribution in [0.25, 0.3) is 5.95 Å². The number of benzene rings is 1. The number of carbonyl (C=O) groups excluding carboxylic acids is 1. The Labute approximate surface area is 168 Å². The van der Waals surface area contributed by atoms with Gasteiger partial charge < -0.3 is 19.7 Å². The lowest BCUT2D eigenvalue weighted by Gasteiger charge is -2.33. The number of ether oxygens (including phenoxy) is 2. The number of amides is 1. The summed E-state index contributed by atoms with van der Waals surface area (Å²) in [5.74, 6) is 1.92. The normalized spacial score (nSPS) is 16.4. The molecule has 2 aromatic heterocycles. The zero-order chi connectivity index (χ0) is 20.1. The number of aromatic nitrogens is 4. The Morgan fingerprint density at radius 2 is 2.14 bits per heavy atom. The van der Waals surface area contributed by atoms with Crippen LogP contribution < -0.4 is 15.0 Å². The van der Waals surface area contributed by atoms with Crippen LogP contribution >= 0.6 is 0 Å². The van der Waals surface area contributed by atoms with Crippen molar-refractivity contribution < 1.29 is 14.3 Å². The van der Waals surface area contributed by atoms with Gasteiger partial charge in [-0.05, 0) is 23.8 Å². The highest BCUT2D eigenvalue weighted by molar-refractivity contribution is 5.81. The van der Waals surface area contributed by atoms with Gasteiger partial charge in [0, 0.05) is 31.7 Å². The van der Waals surface area contributed by atoms with Gasteiger partial charge in [0.15, 0.2) is 6.10 Å². The number of morpholine rings is 1. The largest absolute Gasteiger partial charge is 0.497 e. The maximum Gasteiger partial charge on any atom is 0.251 e. The minimum Gasteiger partial charge on any atom is -0.497 e. The van der Waals surface area contributed by atoms with Crippen LogP contribution in [0.1, 0.15) is 5.56 Å². The van der Waals surface area contributed by atoms with E-state index >= 15 is 0 Å². The van der Waals surface area contributed by atoms with E-state index in [2.05, 4.69) is 20.3 Å². The number of nitrogens with one attached hydrogen (secondary N) is 1. The van der Waals surface area contributed by atoms with Gasteiger partial charge in [0.05, 0.1) is 20.3 Å². The third-order valence-corrected chi connectivity index (χ3v) is 4.67. The van der Waals surface area contributed by atoms with Crippen LogP contribution in [0.4, 0.5) is 5.82 Å². The van der Waals surface area contributed by atoms with Crippen LogP contribution in [-0.2, 0) is 16.1 Å². The van der Waals surface area contributed by atoms with E-state index in [0.29, 0.717) is 32.2 Å². The number of hydrogen-bond donors (Lipinski definition) is 1. The van der Waals surface area contributed by atoms with E-state index in [4.69, 9.17) is 9.47 Å². The summed E-state index contributed by atoms with van der Waals surface area (Å²) in [5.41, 5.74) is 0.993. The molecule has 1 fully saturated rings. The molecular formula is C20H22N6O3. The minimum atomic E-state index is -0.561. The maximum atomic E-state index is 12.6. The van der Waals surface area contributed by atoms with Crippen LogP contribution in [0, 0.1) is 0 Å². The van der Waals surface area contributed by atoms with Gasteiger partial charge in [0.1, 0.15) is 17.9 Å². The topological polar surface area (TPSA) is 94.4 Å². The summed E-state index contributed by atoms with van der Waals surface area (Å²) < 4.78 is 12.6. The van der Waals surface area contributed by atoms with E-state index < -0.39 is 6.10 Å². The molecule has 9 heteroatoms. The first-order valence-corrected chi connectivity index (χ1v) is 9.31. The number of hydrogen-bond acceptors (Lipinski definition) is 7. The molecule has 150 valence electrons. The molecule has 0 aliphatic carbocycles. The van der Waals surface area contributed by atoms with Crippen molar-refractivity contribution in [3.05, 3.63) is 60.8 Å². The van der Waals surface area contributed by atoms with E-state index in [0.717, 1.165) is 17.1 Å². The van der Waals surface area contributed by atoms with Crippen molar-refractivity contribution in [3.8, 4) is 11.7 Å². The number of nitrogens with zero attached hydrogens (tertiary/aromatic N) is 5. The van der Waals surface area contributed by atoms with E-state index in [1.54, 1.807) is 36.6 Å².